The first-order valence-electron chi connectivity index (χ1n) is 4.91. The molecule has 0 amide bonds. The van der Waals surface area contributed by atoms with E-state index in [-0.39, 0.29) is 0 Å². The first-order valence-corrected chi connectivity index (χ1v) is 4.91. The number of likely N-dealkylation sites (tertiary alicyclic amines) is 1. The zero-order chi connectivity index (χ0) is 8.97. The molecule has 1 fully saturated rings. The Morgan fingerprint density at radius 2 is 2.33 bits per heavy atom. The average molecular weight is 168 g/mol. The minimum atomic E-state index is 0.513. The van der Waals surface area contributed by atoms with E-state index in [4.69, 9.17) is 5.73 Å². The van der Waals surface area contributed by atoms with E-state index in [1.165, 1.54) is 25.8 Å². The van der Waals surface area contributed by atoms with Crippen LogP contribution in [0.1, 0.15) is 32.6 Å². The molecule has 1 aliphatic rings. The Labute approximate surface area is 75.4 Å². The van der Waals surface area contributed by atoms with Crippen molar-refractivity contribution in [3.05, 3.63) is 11.8 Å². The SMILES string of the molecule is CCC=C(N)[C@H]1CCCCN1C. The van der Waals surface area contributed by atoms with Gasteiger partial charge in [0.25, 0.3) is 0 Å². The Hall–Kier alpha value is -0.500. The molecule has 0 aromatic heterocycles. The second-order valence-electron chi connectivity index (χ2n) is 3.60. The summed E-state index contributed by atoms with van der Waals surface area (Å²) in [6, 6.07) is 0.513. The number of nitrogens with zero attached hydrogens (tertiary/aromatic N) is 1. The van der Waals surface area contributed by atoms with Gasteiger partial charge in [-0.2, -0.15) is 0 Å². The first-order chi connectivity index (χ1) is 5.75. The van der Waals surface area contributed by atoms with E-state index in [2.05, 4.69) is 24.9 Å². The lowest BCUT2D eigenvalue weighted by molar-refractivity contribution is 0.211. The zero-order valence-electron chi connectivity index (χ0n) is 8.21. The maximum Gasteiger partial charge on any atom is 0.0486 e. The predicted molar refractivity (Wildman–Crippen MR) is 52.8 cm³/mol. The molecule has 0 bridgehead atoms. The molecule has 1 heterocycles. The van der Waals surface area contributed by atoms with Gasteiger partial charge in [-0.05, 0) is 32.9 Å². The van der Waals surface area contributed by atoms with Crippen LogP contribution >= 0.6 is 0 Å². The van der Waals surface area contributed by atoms with Crippen LogP contribution in [0.15, 0.2) is 11.8 Å². The molecule has 2 heteroatoms. The van der Waals surface area contributed by atoms with Crippen molar-refractivity contribution in [3.63, 3.8) is 0 Å². The number of piperidine rings is 1. The summed E-state index contributed by atoms with van der Waals surface area (Å²) in [4.78, 5) is 2.37. The van der Waals surface area contributed by atoms with E-state index in [1.54, 1.807) is 0 Å². The Balaban J connectivity index is 2.53. The Kier molecular flexibility index (Phi) is 3.60. The molecular formula is C10H20N2. The van der Waals surface area contributed by atoms with Gasteiger partial charge in [-0.1, -0.05) is 19.4 Å². The van der Waals surface area contributed by atoms with Crippen molar-refractivity contribution in [2.75, 3.05) is 13.6 Å². The third-order valence-electron chi connectivity index (χ3n) is 2.60. The number of allylic oxidation sites excluding steroid dienone is 1. The summed E-state index contributed by atoms with van der Waals surface area (Å²) in [7, 11) is 2.17. The van der Waals surface area contributed by atoms with Crippen LogP contribution in [0.25, 0.3) is 0 Å². The lowest BCUT2D eigenvalue weighted by Gasteiger charge is -2.32. The second kappa shape index (κ2) is 4.51. The van der Waals surface area contributed by atoms with E-state index in [0.29, 0.717) is 6.04 Å². The lowest BCUT2D eigenvalue weighted by atomic mass is 10.00. The van der Waals surface area contributed by atoms with E-state index in [0.717, 1.165) is 12.1 Å². The van der Waals surface area contributed by atoms with Crippen molar-refractivity contribution in [1.29, 1.82) is 0 Å². The fraction of sp³-hybridized carbons (Fsp3) is 0.800. The molecule has 0 radical (unpaired) electrons. The molecule has 1 saturated heterocycles. The summed E-state index contributed by atoms with van der Waals surface area (Å²) >= 11 is 0. The first kappa shape index (κ1) is 9.59. The fourth-order valence-corrected chi connectivity index (χ4v) is 1.87. The van der Waals surface area contributed by atoms with Gasteiger partial charge in [-0.25, -0.2) is 0 Å². The summed E-state index contributed by atoms with van der Waals surface area (Å²) in [6.07, 6.45) is 7.08. The van der Waals surface area contributed by atoms with E-state index in [1.807, 2.05) is 0 Å². The zero-order valence-corrected chi connectivity index (χ0v) is 8.21. The topological polar surface area (TPSA) is 29.3 Å². The molecule has 70 valence electrons. The third kappa shape index (κ3) is 2.24. The van der Waals surface area contributed by atoms with Crippen LogP contribution in [0.3, 0.4) is 0 Å². The summed E-state index contributed by atoms with van der Waals surface area (Å²) in [6.45, 7) is 3.33. The van der Waals surface area contributed by atoms with Crippen LogP contribution < -0.4 is 5.73 Å². The molecule has 2 nitrogen and oxygen atoms in total. The van der Waals surface area contributed by atoms with Crippen molar-refractivity contribution in [3.8, 4) is 0 Å². The summed E-state index contributed by atoms with van der Waals surface area (Å²) in [5, 5.41) is 0. The maximum absolute atomic E-state index is 5.97. The van der Waals surface area contributed by atoms with Gasteiger partial charge < -0.3 is 5.73 Å². The normalized spacial score (nSPS) is 27.5. The van der Waals surface area contributed by atoms with Gasteiger partial charge in [0, 0.05) is 11.7 Å². The van der Waals surface area contributed by atoms with Crippen molar-refractivity contribution in [2.45, 2.75) is 38.6 Å². The van der Waals surface area contributed by atoms with Gasteiger partial charge >= 0.3 is 0 Å². The molecule has 12 heavy (non-hydrogen) atoms. The molecule has 0 aliphatic carbocycles. The number of likely N-dealkylation sites (N-methyl/N-ethyl adjacent to an activating group) is 1. The summed E-state index contributed by atoms with van der Waals surface area (Å²) in [5.41, 5.74) is 7.04. The predicted octanol–water partition coefficient (Wildman–Crippen LogP) is 1.72. The monoisotopic (exact) mass is 168 g/mol. The molecule has 1 aliphatic heterocycles. The summed E-state index contributed by atoms with van der Waals surface area (Å²) in [5.74, 6) is 0. The molecule has 2 N–H and O–H groups in total. The Morgan fingerprint density at radius 1 is 1.58 bits per heavy atom. The maximum atomic E-state index is 5.97. The minimum Gasteiger partial charge on any atom is -0.401 e. The molecule has 0 unspecified atom stereocenters. The van der Waals surface area contributed by atoms with Gasteiger partial charge in [0.2, 0.25) is 0 Å². The van der Waals surface area contributed by atoms with Gasteiger partial charge in [-0.15, -0.1) is 0 Å². The summed E-state index contributed by atoms with van der Waals surface area (Å²) < 4.78 is 0. The number of hydrogen-bond acceptors (Lipinski definition) is 2. The van der Waals surface area contributed by atoms with Gasteiger partial charge in [-0.3, -0.25) is 4.90 Å². The highest BCUT2D eigenvalue weighted by Gasteiger charge is 2.20. The fourth-order valence-electron chi connectivity index (χ4n) is 1.87. The molecule has 0 spiro atoms. The highest BCUT2D eigenvalue weighted by atomic mass is 15.1. The number of hydrogen-bond donors (Lipinski definition) is 1. The quantitative estimate of drug-likeness (QED) is 0.680. The van der Waals surface area contributed by atoms with E-state index in [9.17, 15) is 0 Å². The van der Waals surface area contributed by atoms with Crippen LogP contribution in [-0.2, 0) is 0 Å². The Morgan fingerprint density at radius 3 is 2.92 bits per heavy atom. The third-order valence-corrected chi connectivity index (χ3v) is 2.60. The van der Waals surface area contributed by atoms with Crippen molar-refractivity contribution in [2.24, 2.45) is 5.73 Å². The van der Waals surface area contributed by atoms with Crippen LogP contribution in [-0.4, -0.2) is 24.5 Å². The highest BCUT2D eigenvalue weighted by molar-refractivity contribution is 5.07. The lowest BCUT2D eigenvalue weighted by Crippen LogP contribution is -2.39. The smallest absolute Gasteiger partial charge is 0.0486 e. The van der Waals surface area contributed by atoms with Crippen molar-refractivity contribution in [1.82, 2.24) is 4.90 Å². The molecule has 1 rings (SSSR count). The number of nitrogens with two attached hydrogens (primary N) is 1. The van der Waals surface area contributed by atoms with Crippen LogP contribution in [0, 0.1) is 0 Å². The standard InChI is InChI=1S/C10H20N2/c1-3-6-9(11)10-7-4-5-8-12(10)2/h6,10H,3-5,7-8,11H2,1-2H3/t10-/m1/s1. The van der Waals surface area contributed by atoms with E-state index < -0.39 is 0 Å². The van der Waals surface area contributed by atoms with Crippen LogP contribution in [0.5, 0.6) is 0 Å². The van der Waals surface area contributed by atoms with E-state index >= 15 is 0 Å². The highest BCUT2D eigenvalue weighted by Crippen LogP contribution is 2.18. The van der Waals surface area contributed by atoms with Gasteiger partial charge in [0.1, 0.15) is 0 Å². The largest absolute Gasteiger partial charge is 0.401 e. The minimum absolute atomic E-state index is 0.513. The number of rotatable bonds is 2. The van der Waals surface area contributed by atoms with Crippen molar-refractivity contribution < 1.29 is 0 Å². The van der Waals surface area contributed by atoms with Crippen molar-refractivity contribution >= 4 is 0 Å². The Bertz CT molecular complexity index is 163. The van der Waals surface area contributed by atoms with Crippen LogP contribution in [0.4, 0.5) is 0 Å². The second-order valence-corrected chi connectivity index (χ2v) is 3.60. The molecule has 0 aromatic carbocycles. The molecular weight excluding hydrogens is 148 g/mol. The van der Waals surface area contributed by atoms with Gasteiger partial charge in [0.15, 0.2) is 0 Å². The molecule has 0 aromatic rings. The molecule has 1 atom stereocenters. The average Bonchev–Trinajstić information content (AvgIpc) is 2.05. The molecule has 0 saturated carbocycles. The van der Waals surface area contributed by atoms with Gasteiger partial charge in [0.05, 0.1) is 0 Å². The van der Waals surface area contributed by atoms with Crippen LogP contribution in [0.2, 0.25) is 0 Å².